The van der Waals surface area contributed by atoms with Gasteiger partial charge in [0.1, 0.15) is 42.0 Å². The number of hydrogen-bond acceptors (Lipinski definition) is 20. The van der Waals surface area contributed by atoms with Crippen molar-refractivity contribution in [1.82, 2.24) is 30.2 Å². The van der Waals surface area contributed by atoms with Gasteiger partial charge in [-0.3, -0.25) is 37.3 Å². The Morgan fingerprint density at radius 2 is 1.69 bits per heavy atom. The van der Waals surface area contributed by atoms with E-state index in [2.05, 4.69) is 34.4 Å². The number of aliphatic hydroxyl groups is 2. The van der Waals surface area contributed by atoms with Gasteiger partial charge < -0.3 is 56.0 Å². The molecule has 3 heterocycles. The van der Waals surface area contributed by atoms with Gasteiger partial charge in [0, 0.05) is 30.7 Å². The number of nitrogens with one attached hydrogen (secondary N) is 2. The van der Waals surface area contributed by atoms with Gasteiger partial charge in [-0.2, -0.15) is 4.31 Å². The number of ketones is 1. The molecule has 26 nitrogen and oxygen atoms in total. The summed E-state index contributed by atoms with van der Waals surface area (Å²) in [5.74, 6) is -1.81. The molecule has 1 aliphatic heterocycles. The number of fused-ring (bicyclic) bond motifs is 1. The van der Waals surface area contributed by atoms with Crippen molar-refractivity contribution in [3.8, 4) is 5.75 Å². The zero-order chi connectivity index (χ0) is 46.0. The molecule has 0 bridgehead atoms. The third kappa shape index (κ3) is 15.4. The number of imidazole rings is 1. The molecular weight excluding hydrogens is 911 g/mol. The maximum absolute atomic E-state index is 12.7. The number of thioether (sulfide) groups is 1. The second kappa shape index (κ2) is 21.6. The van der Waals surface area contributed by atoms with E-state index in [-0.39, 0.29) is 54.4 Å². The standard InChI is InChI=1S/C32H44N7O19P3S/c1-32(2,27(45)30(46)35-10-9-22(42)34-11-12-62-23(43)13-20(41)8-5-18-3-6-19(40)7-4-18)15-55-61(52,53)58-60(50,51)54-14-21-26(57-59(47,48)49)25(44)31(56-21)39-17-38-24-28(33)36-16-37-29(24)39/h3-8,16-17,21,25-27,31,40,44-45H,9-15H2,1-2H3,(H,34,42)(H,35,46)(H,50,51)(H,52,53)(H2,33,36,37)(H2,47,48,49)/b8-5+/t21-,25-,26-,27?,31-/m1/s1. The van der Waals surface area contributed by atoms with Crippen molar-refractivity contribution in [1.29, 1.82) is 0 Å². The monoisotopic (exact) mass is 955 g/mol. The zero-order valence-electron chi connectivity index (χ0n) is 32.6. The number of benzene rings is 1. The molecule has 342 valence electrons. The molecule has 1 aromatic carbocycles. The van der Waals surface area contributed by atoms with E-state index in [0.717, 1.165) is 29.0 Å². The fourth-order valence-electron chi connectivity index (χ4n) is 5.32. The first-order chi connectivity index (χ1) is 28.9. The van der Waals surface area contributed by atoms with Crippen LogP contribution < -0.4 is 16.4 Å². The summed E-state index contributed by atoms with van der Waals surface area (Å²) in [6, 6.07) is 6.08. The van der Waals surface area contributed by atoms with Gasteiger partial charge >= 0.3 is 23.5 Å². The number of aliphatic hydroxyl groups excluding tert-OH is 2. The molecule has 0 aliphatic carbocycles. The summed E-state index contributed by atoms with van der Waals surface area (Å²) in [4.78, 5) is 99.9. The highest BCUT2D eigenvalue weighted by atomic mass is 32.2. The SMILES string of the molecule is CC(C)(COP(=O)(O)OP(=O)(O)OC[C@H]1O[C@@H](n2cnc3c(N)ncnc32)[C@H](O)[C@@H]1OP(=O)(O)O)C(O)C(=O)NCCC(=O)NCCSC(=O)CC(=O)/C=C/c1ccc(O)cc1. The minimum Gasteiger partial charge on any atom is -0.508 e. The lowest BCUT2D eigenvalue weighted by molar-refractivity contribution is -0.137. The van der Waals surface area contributed by atoms with Crippen molar-refractivity contribution in [2.75, 3.05) is 37.8 Å². The third-order valence-electron chi connectivity index (χ3n) is 8.44. The Morgan fingerprint density at radius 1 is 1.02 bits per heavy atom. The Kier molecular flexibility index (Phi) is 17.6. The van der Waals surface area contributed by atoms with Crippen molar-refractivity contribution < 1.29 is 90.4 Å². The van der Waals surface area contributed by atoms with Gasteiger partial charge in [-0.15, -0.1) is 0 Å². The van der Waals surface area contributed by atoms with Crippen molar-refractivity contribution in [3.05, 3.63) is 48.6 Å². The largest absolute Gasteiger partial charge is 0.508 e. The van der Waals surface area contributed by atoms with Crippen LogP contribution >= 0.6 is 35.2 Å². The molecule has 0 saturated carbocycles. The molecule has 3 unspecified atom stereocenters. The summed E-state index contributed by atoms with van der Waals surface area (Å²) in [5.41, 5.74) is 4.85. The molecule has 0 radical (unpaired) electrons. The Balaban J connectivity index is 1.18. The van der Waals surface area contributed by atoms with Crippen molar-refractivity contribution in [3.63, 3.8) is 0 Å². The Hall–Kier alpha value is -4.01. The number of nitrogens with two attached hydrogens (primary N) is 1. The first-order valence-electron chi connectivity index (χ1n) is 17.9. The van der Waals surface area contributed by atoms with E-state index in [1.807, 2.05) is 0 Å². The fourth-order valence-corrected chi connectivity index (χ4v) is 8.83. The summed E-state index contributed by atoms with van der Waals surface area (Å²) < 4.78 is 62.2. The number of carbonyl (C=O) groups is 4. The van der Waals surface area contributed by atoms with Gasteiger partial charge in [0.2, 0.25) is 11.8 Å². The number of hydrogen-bond donors (Lipinski definition) is 10. The molecule has 4 rings (SSSR count). The van der Waals surface area contributed by atoms with Crippen molar-refractivity contribution >= 4 is 81.0 Å². The van der Waals surface area contributed by atoms with Gasteiger partial charge in [-0.1, -0.05) is 43.8 Å². The normalized spacial score (nSPS) is 20.7. The number of rotatable bonds is 23. The second-order valence-corrected chi connectivity index (χ2v) is 19.2. The summed E-state index contributed by atoms with van der Waals surface area (Å²) in [6.45, 7) is 0.175. The van der Waals surface area contributed by atoms with E-state index in [4.69, 9.17) is 19.5 Å². The first-order valence-corrected chi connectivity index (χ1v) is 23.4. The highest BCUT2D eigenvalue weighted by Gasteiger charge is 2.50. The lowest BCUT2D eigenvalue weighted by Gasteiger charge is -2.30. The Morgan fingerprint density at radius 3 is 2.37 bits per heavy atom. The number of amides is 2. The number of nitrogen functional groups attached to an aromatic ring is 1. The number of nitrogens with zero attached hydrogens (tertiary/aromatic N) is 4. The van der Waals surface area contributed by atoms with Gasteiger partial charge in [-0.05, 0) is 23.8 Å². The number of phenolic OH excluding ortho intramolecular Hbond substituents is 1. The third-order valence-corrected chi connectivity index (χ3v) is 12.4. The summed E-state index contributed by atoms with van der Waals surface area (Å²) in [5, 5.41) is 35.2. The van der Waals surface area contributed by atoms with E-state index in [1.165, 1.54) is 38.1 Å². The molecule has 7 atom stereocenters. The van der Waals surface area contributed by atoms with Crippen LogP contribution in [-0.4, -0.2) is 134 Å². The highest BCUT2D eigenvalue weighted by molar-refractivity contribution is 8.13. The van der Waals surface area contributed by atoms with E-state index in [1.54, 1.807) is 12.1 Å². The van der Waals surface area contributed by atoms with Crippen LogP contribution in [0.3, 0.4) is 0 Å². The maximum atomic E-state index is 12.7. The average Bonchev–Trinajstić information content (AvgIpc) is 3.74. The number of ether oxygens (including phenoxy) is 1. The molecular formula is C32H44N7O19P3S. The lowest BCUT2D eigenvalue weighted by Crippen LogP contribution is -2.46. The van der Waals surface area contributed by atoms with E-state index < -0.39 is 95.5 Å². The van der Waals surface area contributed by atoms with Crippen LogP contribution in [-0.2, 0) is 55.5 Å². The average molecular weight is 956 g/mol. The summed E-state index contributed by atoms with van der Waals surface area (Å²) in [7, 11) is -16.5. The van der Waals surface area contributed by atoms with Crippen molar-refractivity contribution in [2.45, 2.75) is 57.3 Å². The summed E-state index contributed by atoms with van der Waals surface area (Å²) in [6.07, 6.45) is -4.75. The minimum atomic E-state index is -5.60. The Bertz CT molecular complexity index is 2260. The second-order valence-electron chi connectivity index (χ2n) is 13.9. The maximum Gasteiger partial charge on any atom is 0.481 e. The van der Waals surface area contributed by atoms with Crippen molar-refractivity contribution in [2.24, 2.45) is 5.41 Å². The van der Waals surface area contributed by atoms with Gasteiger partial charge in [-0.25, -0.2) is 28.6 Å². The molecule has 1 saturated heterocycles. The Labute approximate surface area is 355 Å². The van der Waals surface area contributed by atoms with Crippen LogP contribution in [0.25, 0.3) is 17.2 Å². The number of aromatic hydroxyl groups is 1. The summed E-state index contributed by atoms with van der Waals surface area (Å²) >= 11 is 0.834. The van der Waals surface area contributed by atoms with Crippen LogP contribution in [0.2, 0.25) is 0 Å². The molecule has 11 N–H and O–H groups in total. The van der Waals surface area contributed by atoms with Crippen LogP contribution in [0.5, 0.6) is 5.75 Å². The van der Waals surface area contributed by atoms with Crippen LogP contribution in [0.1, 0.15) is 38.5 Å². The zero-order valence-corrected chi connectivity index (χ0v) is 36.1. The van der Waals surface area contributed by atoms with Crippen LogP contribution in [0.4, 0.5) is 5.82 Å². The van der Waals surface area contributed by atoms with E-state index in [9.17, 15) is 67.8 Å². The van der Waals surface area contributed by atoms with Gasteiger partial charge in [0.15, 0.2) is 28.6 Å². The van der Waals surface area contributed by atoms with Gasteiger partial charge in [0.05, 0.1) is 26.0 Å². The fraction of sp³-hybridized carbons (Fsp3) is 0.469. The number of phosphoric acid groups is 3. The number of phosphoric ester groups is 3. The quantitative estimate of drug-likeness (QED) is 0.0260. The molecule has 1 fully saturated rings. The predicted octanol–water partition coefficient (Wildman–Crippen LogP) is 0.0429. The molecule has 2 aromatic heterocycles. The van der Waals surface area contributed by atoms with Gasteiger partial charge in [0.25, 0.3) is 0 Å². The number of aromatic nitrogens is 4. The first kappa shape index (κ1) is 50.6. The number of phenols is 1. The molecule has 0 spiro atoms. The lowest BCUT2D eigenvalue weighted by atomic mass is 9.87. The minimum absolute atomic E-state index is 0.0182. The van der Waals surface area contributed by atoms with Crippen LogP contribution in [0, 0.1) is 5.41 Å². The molecule has 62 heavy (non-hydrogen) atoms. The van der Waals surface area contributed by atoms with E-state index >= 15 is 0 Å². The number of allylic oxidation sites excluding steroid dienone is 1. The molecule has 30 heteroatoms. The van der Waals surface area contributed by atoms with E-state index in [0.29, 0.717) is 5.56 Å². The number of carbonyl (C=O) groups excluding carboxylic acids is 4. The predicted molar refractivity (Wildman–Crippen MR) is 214 cm³/mol. The van der Waals surface area contributed by atoms with Crippen LogP contribution in [0.15, 0.2) is 43.0 Å². The topological polar surface area (TPSA) is 401 Å². The highest BCUT2D eigenvalue weighted by Crippen LogP contribution is 2.61. The smallest absolute Gasteiger partial charge is 0.481 e. The number of anilines is 1. The molecule has 1 aliphatic rings. The molecule has 3 aromatic rings. The molecule has 2 amide bonds.